The number of methoxy groups -OCH3 is 1. The second-order valence-electron chi connectivity index (χ2n) is 5.96. The minimum absolute atomic E-state index is 0.0217. The maximum Gasteiger partial charge on any atom is 0.254 e. The minimum atomic E-state index is -0.0217. The summed E-state index contributed by atoms with van der Waals surface area (Å²) in [6, 6.07) is 7.36. The van der Waals surface area contributed by atoms with Crippen LogP contribution in [0.3, 0.4) is 0 Å². The van der Waals surface area contributed by atoms with Crippen molar-refractivity contribution in [3.63, 3.8) is 0 Å². The molecule has 0 saturated heterocycles. The molecule has 2 heterocycles. The highest BCUT2D eigenvalue weighted by Crippen LogP contribution is 2.28. The zero-order valence-corrected chi connectivity index (χ0v) is 16.0. The van der Waals surface area contributed by atoms with Gasteiger partial charge in [-0.2, -0.15) is 0 Å². The molecular formula is C20H23N5O2. The minimum Gasteiger partial charge on any atom is -0.497 e. The molecule has 0 spiro atoms. The summed E-state index contributed by atoms with van der Waals surface area (Å²) in [4.78, 5) is 28.1. The monoisotopic (exact) mass is 365 g/mol. The lowest BCUT2D eigenvalue weighted by atomic mass is 10.0. The number of hydrogen-bond donors (Lipinski definition) is 1. The van der Waals surface area contributed by atoms with Gasteiger partial charge in [0.2, 0.25) is 5.95 Å². The van der Waals surface area contributed by atoms with Crippen molar-refractivity contribution in [2.24, 2.45) is 0 Å². The molecule has 3 rings (SSSR count). The van der Waals surface area contributed by atoms with E-state index in [2.05, 4.69) is 15.3 Å². The van der Waals surface area contributed by atoms with Crippen LogP contribution >= 0.6 is 0 Å². The summed E-state index contributed by atoms with van der Waals surface area (Å²) in [7, 11) is 3.37. The van der Waals surface area contributed by atoms with E-state index >= 15 is 0 Å². The zero-order chi connectivity index (χ0) is 19.4. The Morgan fingerprint density at radius 2 is 1.85 bits per heavy atom. The smallest absolute Gasteiger partial charge is 0.254 e. The summed E-state index contributed by atoms with van der Waals surface area (Å²) in [5, 5.41) is 3.69. The van der Waals surface area contributed by atoms with E-state index in [4.69, 9.17) is 9.72 Å². The van der Waals surface area contributed by atoms with Crippen LogP contribution < -0.4 is 10.1 Å². The second kappa shape index (κ2) is 7.99. The lowest BCUT2D eigenvalue weighted by Crippen LogP contribution is -2.30. The lowest BCUT2D eigenvalue weighted by molar-refractivity contribution is 0.0775. The fraction of sp³-hybridized carbons (Fsp3) is 0.300. The Balaban J connectivity index is 2.20. The topological polar surface area (TPSA) is 80.2 Å². The van der Waals surface area contributed by atoms with Crippen LogP contribution in [-0.4, -0.2) is 53.0 Å². The summed E-state index contributed by atoms with van der Waals surface area (Å²) in [5.41, 5.74) is 2.69. The number of carbonyl (C=O) groups excluding carboxylic acids is 1. The first-order valence-corrected chi connectivity index (χ1v) is 8.89. The van der Waals surface area contributed by atoms with Crippen LogP contribution in [0.25, 0.3) is 22.2 Å². The summed E-state index contributed by atoms with van der Waals surface area (Å²) in [6.07, 6.45) is 3.39. The van der Waals surface area contributed by atoms with Crippen LogP contribution in [0.5, 0.6) is 5.75 Å². The van der Waals surface area contributed by atoms with E-state index < -0.39 is 0 Å². The quantitative estimate of drug-likeness (QED) is 0.722. The van der Waals surface area contributed by atoms with Crippen molar-refractivity contribution in [3.8, 4) is 17.0 Å². The average molecular weight is 365 g/mol. The molecule has 0 aliphatic rings. The molecule has 0 aliphatic heterocycles. The van der Waals surface area contributed by atoms with Gasteiger partial charge < -0.3 is 15.0 Å². The van der Waals surface area contributed by atoms with Gasteiger partial charge in [-0.1, -0.05) is 0 Å². The van der Waals surface area contributed by atoms with E-state index in [9.17, 15) is 4.79 Å². The molecule has 1 N–H and O–H groups in total. The summed E-state index contributed by atoms with van der Waals surface area (Å²) >= 11 is 0. The SMILES string of the molecule is CCN(CC)C(=O)c1cc(-c2cnc(NC)nc2)nc2cc(OC)ccc12. The molecule has 3 aromatic rings. The third-order valence-corrected chi connectivity index (χ3v) is 4.47. The Morgan fingerprint density at radius 1 is 1.15 bits per heavy atom. The van der Waals surface area contributed by atoms with Gasteiger partial charge in [-0.3, -0.25) is 4.79 Å². The number of fused-ring (bicyclic) bond motifs is 1. The van der Waals surface area contributed by atoms with Crippen LogP contribution in [0, 0.1) is 0 Å². The Bertz CT molecular complexity index is 952. The average Bonchev–Trinajstić information content (AvgIpc) is 2.73. The van der Waals surface area contributed by atoms with Crippen LogP contribution in [0.4, 0.5) is 5.95 Å². The van der Waals surface area contributed by atoms with E-state index in [1.165, 1.54) is 0 Å². The predicted molar refractivity (Wildman–Crippen MR) is 106 cm³/mol. The van der Waals surface area contributed by atoms with Crippen molar-refractivity contribution in [1.29, 1.82) is 0 Å². The van der Waals surface area contributed by atoms with Gasteiger partial charge in [0.1, 0.15) is 5.75 Å². The number of pyridine rings is 1. The van der Waals surface area contributed by atoms with E-state index in [1.807, 2.05) is 38.1 Å². The van der Waals surface area contributed by atoms with Gasteiger partial charge in [0, 0.05) is 49.5 Å². The molecule has 0 atom stereocenters. The number of rotatable bonds is 6. The first-order chi connectivity index (χ1) is 13.1. The molecule has 0 aliphatic carbocycles. The van der Waals surface area contributed by atoms with Crippen LogP contribution in [0.15, 0.2) is 36.7 Å². The molecular weight excluding hydrogens is 342 g/mol. The van der Waals surface area contributed by atoms with Gasteiger partial charge in [0.05, 0.1) is 23.9 Å². The molecule has 1 aromatic carbocycles. The third kappa shape index (κ3) is 3.67. The van der Waals surface area contributed by atoms with Gasteiger partial charge in [-0.05, 0) is 32.0 Å². The van der Waals surface area contributed by atoms with Gasteiger partial charge in [-0.15, -0.1) is 0 Å². The molecule has 2 aromatic heterocycles. The maximum atomic E-state index is 13.1. The zero-order valence-electron chi connectivity index (χ0n) is 16.0. The van der Waals surface area contributed by atoms with Crippen molar-refractivity contribution in [2.45, 2.75) is 13.8 Å². The molecule has 0 unspecified atom stereocenters. The maximum absolute atomic E-state index is 13.1. The molecule has 0 bridgehead atoms. The summed E-state index contributed by atoms with van der Waals surface area (Å²) in [6.45, 7) is 5.23. The Hall–Kier alpha value is -3.22. The first-order valence-electron chi connectivity index (χ1n) is 8.89. The van der Waals surface area contributed by atoms with Gasteiger partial charge in [-0.25, -0.2) is 15.0 Å². The number of hydrogen-bond acceptors (Lipinski definition) is 6. The highest BCUT2D eigenvalue weighted by molar-refractivity contribution is 6.07. The van der Waals surface area contributed by atoms with Crippen LogP contribution in [0.1, 0.15) is 24.2 Å². The number of aromatic nitrogens is 3. The summed E-state index contributed by atoms with van der Waals surface area (Å²) < 4.78 is 5.32. The molecule has 7 heteroatoms. The highest BCUT2D eigenvalue weighted by atomic mass is 16.5. The molecule has 0 saturated carbocycles. The molecule has 7 nitrogen and oxygen atoms in total. The third-order valence-electron chi connectivity index (χ3n) is 4.47. The largest absolute Gasteiger partial charge is 0.497 e. The van der Waals surface area contributed by atoms with Crippen LogP contribution in [0.2, 0.25) is 0 Å². The van der Waals surface area contributed by atoms with Crippen molar-refractivity contribution < 1.29 is 9.53 Å². The molecule has 0 radical (unpaired) electrons. The van der Waals surface area contributed by atoms with Crippen LogP contribution in [-0.2, 0) is 0 Å². The molecule has 1 amide bonds. The van der Waals surface area contributed by atoms with E-state index in [0.29, 0.717) is 41.6 Å². The molecule has 0 fully saturated rings. The number of carbonyl (C=O) groups is 1. The lowest BCUT2D eigenvalue weighted by Gasteiger charge is -2.20. The van der Waals surface area contributed by atoms with Crippen molar-refractivity contribution in [2.75, 3.05) is 32.6 Å². The molecule has 27 heavy (non-hydrogen) atoms. The molecule has 140 valence electrons. The number of nitrogens with one attached hydrogen (secondary N) is 1. The summed E-state index contributed by atoms with van der Waals surface area (Å²) in [5.74, 6) is 1.20. The predicted octanol–water partition coefficient (Wildman–Crippen LogP) is 3.22. The van der Waals surface area contributed by atoms with E-state index in [1.54, 1.807) is 31.5 Å². The normalized spacial score (nSPS) is 10.7. The number of ether oxygens (including phenoxy) is 1. The van der Waals surface area contributed by atoms with Crippen molar-refractivity contribution in [1.82, 2.24) is 19.9 Å². The van der Waals surface area contributed by atoms with Crippen molar-refractivity contribution >= 4 is 22.8 Å². The van der Waals surface area contributed by atoms with Gasteiger partial charge in [0.15, 0.2) is 0 Å². The number of benzene rings is 1. The number of amides is 1. The van der Waals surface area contributed by atoms with E-state index in [-0.39, 0.29) is 5.91 Å². The van der Waals surface area contributed by atoms with Gasteiger partial charge in [0.25, 0.3) is 5.91 Å². The van der Waals surface area contributed by atoms with E-state index in [0.717, 1.165) is 10.9 Å². The Morgan fingerprint density at radius 3 is 2.44 bits per heavy atom. The standard InChI is InChI=1S/C20H23N5O2/c1-5-25(6-2)19(26)16-10-17(13-11-22-20(21-3)23-12-13)24-18-9-14(27-4)7-8-15(16)18/h7-12H,5-6H2,1-4H3,(H,21,22,23). The number of nitrogens with zero attached hydrogens (tertiary/aromatic N) is 4. The fourth-order valence-electron chi connectivity index (χ4n) is 2.93. The first kappa shape index (κ1) is 18.6. The Kier molecular flexibility index (Phi) is 5.49. The Labute approximate surface area is 158 Å². The van der Waals surface area contributed by atoms with Gasteiger partial charge >= 0.3 is 0 Å². The van der Waals surface area contributed by atoms with Crippen molar-refractivity contribution in [3.05, 3.63) is 42.2 Å². The highest BCUT2D eigenvalue weighted by Gasteiger charge is 2.18. The second-order valence-corrected chi connectivity index (χ2v) is 5.96. The fourth-order valence-corrected chi connectivity index (χ4v) is 2.93. The number of anilines is 1.